The van der Waals surface area contributed by atoms with Crippen LogP contribution in [0.25, 0.3) is 27.7 Å². The van der Waals surface area contributed by atoms with Gasteiger partial charge in [0.15, 0.2) is 0 Å². The number of benzene rings is 2. The fraction of sp³-hybridized carbons (Fsp3) is 0.227. The summed E-state index contributed by atoms with van der Waals surface area (Å²) in [5.74, 6) is 0.623. The molecule has 0 fully saturated rings. The van der Waals surface area contributed by atoms with Crippen LogP contribution in [0.3, 0.4) is 0 Å². The topological polar surface area (TPSA) is 42.7 Å². The summed E-state index contributed by atoms with van der Waals surface area (Å²) in [6, 6.07) is 12.2. The van der Waals surface area contributed by atoms with Crippen molar-refractivity contribution in [2.24, 2.45) is 0 Å². The lowest BCUT2D eigenvalue weighted by Gasteiger charge is -2.11. The van der Waals surface area contributed by atoms with Gasteiger partial charge in [0.1, 0.15) is 11.3 Å². The third kappa shape index (κ3) is 3.36. The van der Waals surface area contributed by atoms with Gasteiger partial charge in [-0.2, -0.15) is 0 Å². The molecule has 0 atom stereocenters. The van der Waals surface area contributed by atoms with Crippen molar-refractivity contribution in [3.63, 3.8) is 0 Å². The average Bonchev–Trinajstić information content (AvgIpc) is 3.03. The number of carbonyl (C=O) groups is 1. The number of allylic oxidation sites excluding steroid dienone is 1. The molecule has 3 aromatic rings. The van der Waals surface area contributed by atoms with E-state index < -0.39 is 0 Å². The molecule has 1 aromatic heterocycles. The van der Waals surface area contributed by atoms with Crippen LogP contribution in [0.1, 0.15) is 18.1 Å². The SMILES string of the molecule is COc1cc2occ(-c3ccc(C)cc3)c2cc1/C(C)=C/C(=O)N(C)C. The van der Waals surface area contributed by atoms with E-state index in [0.717, 1.165) is 33.2 Å². The van der Waals surface area contributed by atoms with E-state index in [-0.39, 0.29) is 5.91 Å². The van der Waals surface area contributed by atoms with Crippen molar-refractivity contribution >= 4 is 22.4 Å². The number of ether oxygens (including phenoxy) is 1. The summed E-state index contributed by atoms with van der Waals surface area (Å²) in [6.07, 6.45) is 3.39. The van der Waals surface area contributed by atoms with Gasteiger partial charge in [-0.15, -0.1) is 0 Å². The zero-order chi connectivity index (χ0) is 18.8. The number of methoxy groups -OCH3 is 1. The number of rotatable bonds is 4. The number of amides is 1. The maximum atomic E-state index is 12.1. The Balaban J connectivity index is 2.16. The van der Waals surface area contributed by atoms with Gasteiger partial charge < -0.3 is 14.1 Å². The lowest BCUT2D eigenvalue weighted by atomic mass is 9.99. The summed E-state index contributed by atoms with van der Waals surface area (Å²) < 4.78 is 11.3. The smallest absolute Gasteiger partial charge is 0.246 e. The van der Waals surface area contributed by atoms with Gasteiger partial charge in [-0.3, -0.25) is 4.79 Å². The van der Waals surface area contributed by atoms with E-state index in [2.05, 4.69) is 31.2 Å². The van der Waals surface area contributed by atoms with E-state index in [9.17, 15) is 4.79 Å². The quantitative estimate of drug-likeness (QED) is 0.629. The Morgan fingerprint density at radius 2 is 1.85 bits per heavy atom. The summed E-state index contributed by atoms with van der Waals surface area (Å²) in [6.45, 7) is 3.98. The summed E-state index contributed by atoms with van der Waals surface area (Å²) >= 11 is 0. The molecule has 1 amide bonds. The molecular weight excluding hydrogens is 326 g/mol. The standard InChI is InChI=1S/C22H23NO3/c1-14-6-8-16(9-7-14)19-13-26-21-12-20(25-5)17(11-18(19)21)15(2)10-22(24)23(3)4/h6-13H,1-5H3/b15-10+. The average molecular weight is 349 g/mol. The molecule has 0 saturated heterocycles. The van der Waals surface area contributed by atoms with Gasteiger partial charge in [0.2, 0.25) is 5.91 Å². The maximum Gasteiger partial charge on any atom is 0.246 e. The maximum absolute atomic E-state index is 12.1. The summed E-state index contributed by atoms with van der Waals surface area (Å²) in [4.78, 5) is 13.6. The normalized spacial score (nSPS) is 11.7. The molecule has 0 bridgehead atoms. The van der Waals surface area contributed by atoms with Gasteiger partial charge >= 0.3 is 0 Å². The van der Waals surface area contributed by atoms with E-state index in [1.807, 2.05) is 19.1 Å². The van der Waals surface area contributed by atoms with Crippen molar-refractivity contribution < 1.29 is 13.9 Å². The number of fused-ring (bicyclic) bond motifs is 1. The summed E-state index contributed by atoms with van der Waals surface area (Å²) in [5, 5.41) is 0.995. The number of hydrogen-bond acceptors (Lipinski definition) is 3. The Kier molecular flexibility index (Phi) is 4.85. The first kappa shape index (κ1) is 17.8. The molecule has 0 radical (unpaired) electrons. The minimum atomic E-state index is -0.0596. The van der Waals surface area contributed by atoms with E-state index in [1.54, 1.807) is 38.4 Å². The highest BCUT2D eigenvalue weighted by molar-refractivity contribution is 6.00. The van der Waals surface area contributed by atoms with Crippen molar-refractivity contribution in [2.75, 3.05) is 21.2 Å². The number of furan rings is 1. The Bertz CT molecular complexity index is 979. The molecule has 0 aliphatic rings. The Morgan fingerprint density at radius 3 is 2.46 bits per heavy atom. The molecular formula is C22H23NO3. The van der Waals surface area contributed by atoms with Gasteiger partial charge in [-0.05, 0) is 31.1 Å². The molecule has 26 heavy (non-hydrogen) atoms. The van der Waals surface area contributed by atoms with Crippen molar-refractivity contribution in [2.45, 2.75) is 13.8 Å². The van der Waals surface area contributed by atoms with Crippen LogP contribution in [0.2, 0.25) is 0 Å². The number of aryl methyl sites for hydroxylation is 1. The fourth-order valence-electron chi connectivity index (χ4n) is 2.88. The number of carbonyl (C=O) groups excluding carboxylic acids is 1. The molecule has 0 aliphatic heterocycles. The van der Waals surface area contributed by atoms with E-state index in [1.165, 1.54) is 5.56 Å². The fourth-order valence-corrected chi connectivity index (χ4v) is 2.88. The van der Waals surface area contributed by atoms with Crippen molar-refractivity contribution in [3.05, 3.63) is 59.9 Å². The monoisotopic (exact) mass is 349 g/mol. The number of likely N-dealkylation sites (N-methyl/N-ethyl adjacent to an activating group) is 1. The van der Waals surface area contributed by atoms with Gasteiger partial charge in [0, 0.05) is 42.8 Å². The minimum Gasteiger partial charge on any atom is -0.496 e. The predicted molar refractivity (Wildman–Crippen MR) is 105 cm³/mol. The van der Waals surface area contributed by atoms with Crippen LogP contribution in [0, 0.1) is 6.92 Å². The van der Waals surface area contributed by atoms with Crippen molar-refractivity contribution in [1.29, 1.82) is 0 Å². The second-order valence-corrected chi connectivity index (χ2v) is 6.62. The minimum absolute atomic E-state index is 0.0596. The lowest BCUT2D eigenvalue weighted by Crippen LogP contribution is -2.19. The van der Waals surface area contributed by atoms with Crippen molar-refractivity contribution in [1.82, 2.24) is 4.90 Å². The predicted octanol–water partition coefficient (Wildman–Crippen LogP) is 4.91. The molecule has 0 saturated carbocycles. The van der Waals surface area contributed by atoms with E-state index in [4.69, 9.17) is 9.15 Å². The summed E-state index contributed by atoms with van der Waals surface area (Å²) in [7, 11) is 5.09. The van der Waals surface area contributed by atoms with Crippen LogP contribution in [0.15, 0.2) is 53.2 Å². The van der Waals surface area contributed by atoms with Gasteiger partial charge in [-0.25, -0.2) is 0 Å². The second kappa shape index (κ2) is 7.08. The first-order chi connectivity index (χ1) is 12.4. The molecule has 0 spiro atoms. The van der Waals surface area contributed by atoms with Gasteiger partial charge in [0.05, 0.1) is 13.4 Å². The van der Waals surface area contributed by atoms with Gasteiger partial charge in [0.25, 0.3) is 0 Å². The highest BCUT2D eigenvalue weighted by atomic mass is 16.5. The highest BCUT2D eigenvalue weighted by Gasteiger charge is 2.15. The highest BCUT2D eigenvalue weighted by Crippen LogP contribution is 2.37. The zero-order valence-electron chi connectivity index (χ0n) is 15.8. The molecule has 1 heterocycles. The van der Waals surface area contributed by atoms with Crippen LogP contribution in [0.5, 0.6) is 5.75 Å². The first-order valence-electron chi connectivity index (χ1n) is 8.47. The Morgan fingerprint density at radius 1 is 1.15 bits per heavy atom. The Labute approximate surface area is 153 Å². The molecule has 134 valence electrons. The molecule has 2 aromatic carbocycles. The van der Waals surface area contributed by atoms with Crippen molar-refractivity contribution in [3.8, 4) is 16.9 Å². The van der Waals surface area contributed by atoms with E-state index >= 15 is 0 Å². The third-order valence-electron chi connectivity index (χ3n) is 4.46. The van der Waals surface area contributed by atoms with Crippen LogP contribution in [0.4, 0.5) is 0 Å². The first-order valence-corrected chi connectivity index (χ1v) is 8.47. The number of hydrogen-bond donors (Lipinski definition) is 0. The largest absolute Gasteiger partial charge is 0.496 e. The van der Waals surface area contributed by atoms with E-state index in [0.29, 0.717) is 5.75 Å². The molecule has 4 nitrogen and oxygen atoms in total. The van der Waals surface area contributed by atoms with Gasteiger partial charge in [-0.1, -0.05) is 29.8 Å². The zero-order valence-corrected chi connectivity index (χ0v) is 15.8. The van der Waals surface area contributed by atoms with Crippen LogP contribution in [-0.2, 0) is 4.79 Å². The van der Waals surface area contributed by atoms with Crippen LogP contribution in [-0.4, -0.2) is 32.0 Å². The third-order valence-corrected chi connectivity index (χ3v) is 4.46. The van der Waals surface area contributed by atoms with Crippen LogP contribution < -0.4 is 4.74 Å². The lowest BCUT2D eigenvalue weighted by molar-refractivity contribution is -0.123. The molecule has 0 aliphatic carbocycles. The molecule has 4 heteroatoms. The summed E-state index contributed by atoms with van der Waals surface area (Å²) in [5.41, 5.74) is 5.81. The second-order valence-electron chi connectivity index (χ2n) is 6.62. The number of nitrogens with zero attached hydrogens (tertiary/aromatic N) is 1. The molecule has 3 rings (SSSR count). The molecule has 0 unspecified atom stereocenters. The Hall–Kier alpha value is -3.01. The van der Waals surface area contributed by atoms with Crippen LogP contribution >= 0.6 is 0 Å². The molecule has 0 N–H and O–H groups in total.